The van der Waals surface area contributed by atoms with Crippen molar-refractivity contribution in [3.63, 3.8) is 0 Å². The molecule has 1 aromatic rings. The lowest BCUT2D eigenvalue weighted by molar-refractivity contribution is 0.237. The molecular weight excluding hydrogens is 210 g/mol. The second-order valence-electron chi connectivity index (χ2n) is 5.13. The summed E-state index contributed by atoms with van der Waals surface area (Å²) < 4.78 is 0. The van der Waals surface area contributed by atoms with Crippen LogP contribution in [0.2, 0.25) is 0 Å². The molecule has 0 radical (unpaired) electrons. The van der Waals surface area contributed by atoms with Gasteiger partial charge in [-0.2, -0.15) is 5.26 Å². The summed E-state index contributed by atoms with van der Waals surface area (Å²) in [6, 6.07) is 2.25. The number of rotatable bonds is 3. The van der Waals surface area contributed by atoms with Crippen molar-refractivity contribution in [3.8, 4) is 6.07 Å². The molecule has 0 spiro atoms. The third kappa shape index (κ3) is 3.03. The predicted octanol–water partition coefficient (Wildman–Crippen LogP) is 3.30. The molecule has 2 rings (SSSR count). The van der Waals surface area contributed by atoms with Gasteiger partial charge in [0.05, 0.1) is 6.07 Å². The second kappa shape index (κ2) is 5.77. The zero-order valence-corrected chi connectivity index (χ0v) is 10.3. The number of nitrogens with zero attached hydrogens (tertiary/aromatic N) is 3. The molecular formula is C14H19N3. The van der Waals surface area contributed by atoms with Gasteiger partial charge in [0.1, 0.15) is 6.33 Å². The normalized spacial score (nSPS) is 28.6. The molecule has 1 aliphatic rings. The SMILES string of the molecule is C[C@@H]1CC(CCC#N)CC[C@H]1c1cncnc1. The molecule has 0 bridgehead atoms. The van der Waals surface area contributed by atoms with Crippen molar-refractivity contribution < 1.29 is 0 Å². The van der Waals surface area contributed by atoms with Crippen LogP contribution >= 0.6 is 0 Å². The minimum absolute atomic E-state index is 0.606. The van der Waals surface area contributed by atoms with Crippen LogP contribution < -0.4 is 0 Å². The van der Waals surface area contributed by atoms with E-state index >= 15 is 0 Å². The quantitative estimate of drug-likeness (QED) is 0.799. The van der Waals surface area contributed by atoms with Crippen LogP contribution in [0.25, 0.3) is 0 Å². The molecule has 1 aliphatic carbocycles. The topological polar surface area (TPSA) is 49.6 Å². The van der Waals surface area contributed by atoms with Crippen LogP contribution in [-0.4, -0.2) is 9.97 Å². The van der Waals surface area contributed by atoms with E-state index in [4.69, 9.17) is 5.26 Å². The molecule has 1 fully saturated rings. The Bertz CT molecular complexity index is 382. The second-order valence-corrected chi connectivity index (χ2v) is 5.13. The average molecular weight is 229 g/mol. The molecule has 1 heterocycles. The largest absolute Gasteiger partial charge is 0.245 e. The summed E-state index contributed by atoms with van der Waals surface area (Å²) in [5.74, 6) is 2.03. The smallest absolute Gasteiger partial charge is 0.115 e. The first-order valence-electron chi connectivity index (χ1n) is 6.43. The van der Waals surface area contributed by atoms with Gasteiger partial charge in [0.2, 0.25) is 0 Å². The third-order valence-electron chi connectivity index (χ3n) is 3.95. The Labute approximate surface area is 103 Å². The fourth-order valence-corrected chi connectivity index (χ4v) is 3.04. The van der Waals surface area contributed by atoms with Crippen molar-refractivity contribution in [2.24, 2.45) is 11.8 Å². The molecule has 3 atom stereocenters. The maximum atomic E-state index is 8.63. The van der Waals surface area contributed by atoms with Gasteiger partial charge in [-0.15, -0.1) is 0 Å². The Balaban J connectivity index is 1.95. The van der Waals surface area contributed by atoms with Crippen molar-refractivity contribution in [3.05, 3.63) is 24.3 Å². The van der Waals surface area contributed by atoms with Gasteiger partial charge in [-0.05, 0) is 49.0 Å². The zero-order valence-electron chi connectivity index (χ0n) is 10.3. The molecule has 0 aliphatic heterocycles. The van der Waals surface area contributed by atoms with E-state index in [2.05, 4.69) is 23.0 Å². The lowest BCUT2D eigenvalue weighted by atomic mass is 9.71. The van der Waals surface area contributed by atoms with Crippen LogP contribution in [0.5, 0.6) is 0 Å². The Hall–Kier alpha value is -1.43. The molecule has 3 heteroatoms. The minimum atomic E-state index is 0.606. The van der Waals surface area contributed by atoms with Crippen molar-refractivity contribution in [1.82, 2.24) is 9.97 Å². The zero-order chi connectivity index (χ0) is 12.1. The van der Waals surface area contributed by atoms with E-state index in [1.54, 1.807) is 6.33 Å². The van der Waals surface area contributed by atoms with Gasteiger partial charge in [-0.3, -0.25) is 0 Å². The van der Waals surface area contributed by atoms with Crippen molar-refractivity contribution >= 4 is 0 Å². The van der Waals surface area contributed by atoms with Crippen LogP contribution in [0.15, 0.2) is 18.7 Å². The summed E-state index contributed by atoms with van der Waals surface area (Å²) in [4.78, 5) is 8.22. The Morgan fingerprint density at radius 2 is 2.12 bits per heavy atom. The van der Waals surface area contributed by atoms with E-state index in [0.29, 0.717) is 18.3 Å². The van der Waals surface area contributed by atoms with Gasteiger partial charge in [0.15, 0.2) is 0 Å². The Kier molecular flexibility index (Phi) is 4.08. The summed E-state index contributed by atoms with van der Waals surface area (Å²) in [5, 5.41) is 8.63. The first-order chi connectivity index (χ1) is 8.31. The Morgan fingerprint density at radius 1 is 1.35 bits per heavy atom. The van der Waals surface area contributed by atoms with Gasteiger partial charge in [-0.1, -0.05) is 6.92 Å². The van der Waals surface area contributed by atoms with E-state index in [1.165, 1.54) is 24.8 Å². The van der Waals surface area contributed by atoms with Crippen molar-refractivity contribution in [1.29, 1.82) is 5.26 Å². The molecule has 0 aromatic carbocycles. The van der Waals surface area contributed by atoms with E-state index in [9.17, 15) is 0 Å². The average Bonchev–Trinajstić information content (AvgIpc) is 2.37. The monoisotopic (exact) mass is 229 g/mol. The van der Waals surface area contributed by atoms with Crippen LogP contribution in [0.3, 0.4) is 0 Å². The molecule has 1 unspecified atom stereocenters. The fraction of sp³-hybridized carbons (Fsp3) is 0.643. The highest BCUT2D eigenvalue weighted by atomic mass is 14.8. The summed E-state index contributed by atoms with van der Waals surface area (Å²) in [5.41, 5.74) is 1.28. The lowest BCUT2D eigenvalue weighted by Gasteiger charge is -2.33. The fourth-order valence-electron chi connectivity index (χ4n) is 3.04. The summed E-state index contributed by atoms with van der Waals surface area (Å²) >= 11 is 0. The number of hydrogen-bond acceptors (Lipinski definition) is 3. The van der Waals surface area contributed by atoms with Gasteiger partial charge in [0, 0.05) is 18.8 Å². The van der Waals surface area contributed by atoms with Crippen molar-refractivity contribution in [2.75, 3.05) is 0 Å². The predicted molar refractivity (Wildman–Crippen MR) is 66.1 cm³/mol. The molecule has 0 N–H and O–H groups in total. The van der Waals surface area contributed by atoms with Crippen LogP contribution in [0.4, 0.5) is 0 Å². The first-order valence-corrected chi connectivity index (χ1v) is 6.43. The lowest BCUT2D eigenvalue weighted by Crippen LogP contribution is -2.21. The molecule has 1 aromatic heterocycles. The summed E-state index contributed by atoms with van der Waals surface area (Å²) in [7, 11) is 0. The molecule has 90 valence electrons. The molecule has 1 saturated carbocycles. The summed E-state index contributed by atoms with van der Waals surface area (Å²) in [6.45, 7) is 2.32. The minimum Gasteiger partial charge on any atom is -0.245 e. The van der Waals surface area contributed by atoms with Gasteiger partial charge in [0.25, 0.3) is 0 Å². The maximum absolute atomic E-state index is 8.63. The highest BCUT2D eigenvalue weighted by Crippen LogP contribution is 2.41. The highest BCUT2D eigenvalue weighted by Gasteiger charge is 2.28. The van der Waals surface area contributed by atoms with Crippen molar-refractivity contribution in [2.45, 2.75) is 44.9 Å². The first kappa shape index (κ1) is 12.0. The van der Waals surface area contributed by atoms with E-state index in [0.717, 1.165) is 12.3 Å². The van der Waals surface area contributed by atoms with E-state index in [-0.39, 0.29) is 0 Å². The third-order valence-corrected chi connectivity index (χ3v) is 3.95. The molecule has 3 nitrogen and oxygen atoms in total. The van der Waals surface area contributed by atoms with Crippen LogP contribution in [0, 0.1) is 23.2 Å². The van der Waals surface area contributed by atoms with Gasteiger partial charge < -0.3 is 0 Å². The molecule has 0 amide bonds. The highest BCUT2D eigenvalue weighted by molar-refractivity contribution is 5.12. The number of hydrogen-bond donors (Lipinski definition) is 0. The Morgan fingerprint density at radius 3 is 2.76 bits per heavy atom. The van der Waals surface area contributed by atoms with Gasteiger partial charge in [-0.25, -0.2) is 9.97 Å². The van der Waals surface area contributed by atoms with E-state index < -0.39 is 0 Å². The molecule has 17 heavy (non-hydrogen) atoms. The maximum Gasteiger partial charge on any atom is 0.115 e. The number of aromatic nitrogens is 2. The summed E-state index contributed by atoms with van der Waals surface area (Å²) in [6.07, 6.45) is 11.0. The van der Waals surface area contributed by atoms with Crippen LogP contribution in [0.1, 0.15) is 50.5 Å². The van der Waals surface area contributed by atoms with E-state index in [1.807, 2.05) is 12.4 Å². The van der Waals surface area contributed by atoms with Crippen LogP contribution in [-0.2, 0) is 0 Å². The standard InChI is InChI=1S/C14H19N3/c1-11-7-12(3-2-6-15)4-5-14(11)13-8-16-10-17-9-13/h8-12,14H,2-5,7H2,1H3/t11-,12?,14-/m1/s1. The molecule has 0 saturated heterocycles. The van der Waals surface area contributed by atoms with Gasteiger partial charge >= 0.3 is 0 Å². The number of nitriles is 1.